The van der Waals surface area contributed by atoms with Crippen molar-refractivity contribution in [2.75, 3.05) is 13.7 Å². The zero-order chi connectivity index (χ0) is 19.4. The molecule has 1 heterocycles. The van der Waals surface area contributed by atoms with Gasteiger partial charge in [0.2, 0.25) is 0 Å². The standard InChI is InChI=1S/C19H19N3O4S/c1-13-4-3-5-14(10-13)11-18(23)20-19-21(8-9-26-2)16-7-6-15(22(24)25)12-17(16)27-19/h3-7,10,12H,8-9,11H2,1-2H3. The number of carbonyl (C=O) groups is 1. The van der Waals surface area contributed by atoms with E-state index in [1.165, 1.54) is 23.5 Å². The Bertz CT molecular complexity index is 1070. The molecule has 0 radical (unpaired) electrons. The van der Waals surface area contributed by atoms with E-state index in [1.807, 2.05) is 35.8 Å². The first-order valence-corrected chi connectivity index (χ1v) is 9.19. The van der Waals surface area contributed by atoms with Gasteiger partial charge in [0.05, 0.1) is 28.2 Å². The Hall–Kier alpha value is -2.84. The van der Waals surface area contributed by atoms with Crippen molar-refractivity contribution in [3.05, 3.63) is 68.5 Å². The van der Waals surface area contributed by atoms with Crippen LogP contribution in [0, 0.1) is 17.0 Å². The van der Waals surface area contributed by atoms with E-state index in [4.69, 9.17) is 4.74 Å². The summed E-state index contributed by atoms with van der Waals surface area (Å²) in [6, 6.07) is 12.4. The van der Waals surface area contributed by atoms with Crippen molar-refractivity contribution < 1.29 is 14.5 Å². The van der Waals surface area contributed by atoms with E-state index >= 15 is 0 Å². The molecule has 0 saturated heterocycles. The first-order valence-electron chi connectivity index (χ1n) is 8.38. The van der Waals surface area contributed by atoms with E-state index in [1.54, 1.807) is 13.2 Å². The number of ether oxygens (including phenoxy) is 1. The quantitative estimate of drug-likeness (QED) is 0.481. The number of benzene rings is 2. The van der Waals surface area contributed by atoms with E-state index in [2.05, 4.69) is 4.99 Å². The number of non-ortho nitro benzene ring substituents is 1. The van der Waals surface area contributed by atoms with Crippen molar-refractivity contribution >= 4 is 33.1 Å². The zero-order valence-corrected chi connectivity index (χ0v) is 15.9. The number of nitro benzene ring substituents is 1. The van der Waals surface area contributed by atoms with E-state index in [0.717, 1.165) is 16.6 Å². The maximum absolute atomic E-state index is 12.5. The first-order chi connectivity index (χ1) is 13.0. The molecule has 0 spiro atoms. The van der Waals surface area contributed by atoms with Gasteiger partial charge in [0.1, 0.15) is 0 Å². The summed E-state index contributed by atoms with van der Waals surface area (Å²) in [5.41, 5.74) is 2.80. The van der Waals surface area contributed by atoms with Gasteiger partial charge in [0.15, 0.2) is 4.80 Å². The second-order valence-electron chi connectivity index (χ2n) is 6.11. The number of aryl methyl sites for hydroxylation is 1. The molecule has 8 heteroatoms. The monoisotopic (exact) mass is 385 g/mol. The average Bonchev–Trinajstić information content (AvgIpc) is 2.95. The molecule has 2 aromatic carbocycles. The van der Waals surface area contributed by atoms with Crippen LogP contribution >= 0.6 is 11.3 Å². The molecule has 0 fully saturated rings. The predicted octanol–water partition coefficient (Wildman–Crippen LogP) is 3.24. The van der Waals surface area contributed by atoms with Crippen LogP contribution in [0.3, 0.4) is 0 Å². The summed E-state index contributed by atoms with van der Waals surface area (Å²) in [7, 11) is 1.60. The second-order valence-corrected chi connectivity index (χ2v) is 7.12. The van der Waals surface area contributed by atoms with Gasteiger partial charge in [-0.3, -0.25) is 14.9 Å². The van der Waals surface area contributed by atoms with Gasteiger partial charge < -0.3 is 9.30 Å². The van der Waals surface area contributed by atoms with Crippen LogP contribution < -0.4 is 4.80 Å². The molecule has 1 aromatic heterocycles. The molecule has 1 amide bonds. The average molecular weight is 385 g/mol. The number of aromatic nitrogens is 1. The van der Waals surface area contributed by atoms with E-state index in [9.17, 15) is 14.9 Å². The molecule has 0 aliphatic heterocycles. The fourth-order valence-corrected chi connectivity index (χ4v) is 3.91. The Morgan fingerprint density at radius 2 is 2.11 bits per heavy atom. The molecule has 3 aromatic rings. The summed E-state index contributed by atoms with van der Waals surface area (Å²) in [5.74, 6) is -0.257. The third-order valence-corrected chi connectivity index (χ3v) is 5.10. The Labute approximate surface area is 159 Å². The molecule has 7 nitrogen and oxygen atoms in total. The fourth-order valence-electron chi connectivity index (χ4n) is 2.80. The van der Waals surface area contributed by atoms with Crippen LogP contribution in [-0.4, -0.2) is 29.1 Å². The molecule has 0 atom stereocenters. The normalized spacial score (nSPS) is 11.9. The number of nitrogens with zero attached hydrogens (tertiary/aromatic N) is 3. The lowest BCUT2D eigenvalue weighted by atomic mass is 10.1. The molecule has 0 unspecified atom stereocenters. The SMILES string of the molecule is COCCn1c(=NC(=O)Cc2cccc(C)c2)sc2cc([N+](=O)[O-])ccc21. The van der Waals surface area contributed by atoms with E-state index < -0.39 is 4.92 Å². The fraction of sp³-hybridized carbons (Fsp3) is 0.263. The summed E-state index contributed by atoms with van der Waals surface area (Å²) in [4.78, 5) is 27.8. The largest absolute Gasteiger partial charge is 0.383 e. The number of fused-ring (bicyclic) bond motifs is 1. The second kappa shape index (κ2) is 8.24. The third kappa shape index (κ3) is 4.47. The van der Waals surface area contributed by atoms with Crippen LogP contribution in [0.15, 0.2) is 47.5 Å². The van der Waals surface area contributed by atoms with Gasteiger partial charge in [-0.15, -0.1) is 0 Å². The van der Waals surface area contributed by atoms with Gasteiger partial charge in [0, 0.05) is 25.8 Å². The molecular formula is C19H19N3O4S. The number of methoxy groups -OCH3 is 1. The maximum Gasteiger partial charge on any atom is 0.270 e. The number of hydrogen-bond donors (Lipinski definition) is 0. The topological polar surface area (TPSA) is 86.7 Å². The molecule has 0 aliphatic rings. The van der Waals surface area contributed by atoms with Crippen LogP contribution in [0.25, 0.3) is 10.2 Å². The van der Waals surface area contributed by atoms with Crippen LogP contribution in [0.4, 0.5) is 5.69 Å². The van der Waals surface area contributed by atoms with Crippen molar-refractivity contribution in [1.29, 1.82) is 0 Å². The molecule has 27 heavy (non-hydrogen) atoms. The number of hydrogen-bond acceptors (Lipinski definition) is 5. The highest BCUT2D eigenvalue weighted by molar-refractivity contribution is 7.16. The van der Waals surface area contributed by atoms with Crippen LogP contribution in [0.5, 0.6) is 0 Å². The molecule has 3 rings (SSSR count). The van der Waals surface area contributed by atoms with Gasteiger partial charge in [-0.05, 0) is 18.6 Å². The van der Waals surface area contributed by atoms with Crippen molar-refractivity contribution in [2.45, 2.75) is 19.9 Å². The molecule has 0 saturated carbocycles. The van der Waals surface area contributed by atoms with Crippen molar-refractivity contribution in [2.24, 2.45) is 4.99 Å². The van der Waals surface area contributed by atoms with Crippen molar-refractivity contribution in [3.63, 3.8) is 0 Å². The lowest BCUT2D eigenvalue weighted by molar-refractivity contribution is -0.384. The highest BCUT2D eigenvalue weighted by Crippen LogP contribution is 2.23. The number of thiazole rings is 1. The summed E-state index contributed by atoms with van der Waals surface area (Å²) in [6.07, 6.45) is 0.209. The van der Waals surface area contributed by atoms with Crippen LogP contribution in [0.1, 0.15) is 11.1 Å². The highest BCUT2D eigenvalue weighted by atomic mass is 32.1. The van der Waals surface area contributed by atoms with Gasteiger partial charge in [-0.25, -0.2) is 0 Å². The minimum atomic E-state index is -0.432. The van der Waals surface area contributed by atoms with Gasteiger partial charge >= 0.3 is 0 Å². The molecular weight excluding hydrogens is 366 g/mol. The number of rotatable bonds is 6. The summed E-state index contributed by atoms with van der Waals surface area (Å²) >= 11 is 1.26. The predicted molar refractivity (Wildman–Crippen MR) is 104 cm³/mol. The Balaban J connectivity index is 2.01. The maximum atomic E-state index is 12.5. The smallest absolute Gasteiger partial charge is 0.270 e. The summed E-state index contributed by atoms with van der Waals surface area (Å²) in [6.45, 7) is 2.93. The number of carbonyl (C=O) groups excluding carboxylic acids is 1. The Morgan fingerprint density at radius 3 is 2.81 bits per heavy atom. The molecule has 140 valence electrons. The van der Waals surface area contributed by atoms with Crippen LogP contribution in [-0.2, 0) is 22.5 Å². The van der Waals surface area contributed by atoms with E-state index in [0.29, 0.717) is 22.7 Å². The van der Waals surface area contributed by atoms with Gasteiger partial charge in [-0.2, -0.15) is 4.99 Å². The zero-order valence-electron chi connectivity index (χ0n) is 15.0. The third-order valence-electron chi connectivity index (χ3n) is 4.05. The Morgan fingerprint density at radius 1 is 1.30 bits per heavy atom. The van der Waals surface area contributed by atoms with Crippen molar-refractivity contribution in [3.8, 4) is 0 Å². The number of nitro groups is 1. The number of amides is 1. The van der Waals surface area contributed by atoms with E-state index in [-0.39, 0.29) is 18.0 Å². The first kappa shape index (κ1) is 18.9. The molecule has 0 bridgehead atoms. The molecule has 0 N–H and O–H groups in total. The van der Waals surface area contributed by atoms with Crippen molar-refractivity contribution in [1.82, 2.24) is 4.57 Å². The van der Waals surface area contributed by atoms with Crippen LogP contribution in [0.2, 0.25) is 0 Å². The summed E-state index contributed by atoms with van der Waals surface area (Å²) in [5, 5.41) is 11.0. The minimum absolute atomic E-state index is 0.0141. The van der Waals surface area contributed by atoms with Gasteiger partial charge in [0.25, 0.3) is 11.6 Å². The minimum Gasteiger partial charge on any atom is -0.383 e. The lowest BCUT2D eigenvalue weighted by Crippen LogP contribution is -2.19. The highest BCUT2D eigenvalue weighted by Gasteiger charge is 2.13. The Kier molecular flexibility index (Phi) is 5.78. The molecule has 0 aliphatic carbocycles. The summed E-state index contributed by atoms with van der Waals surface area (Å²) < 4.78 is 7.72. The lowest BCUT2D eigenvalue weighted by Gasteiger charge is -2.04. The van der Waals surface area contributed by atoms with Gasteiger partial charge in [-0.1, -0.05) is 41.2 Å².